The van der Waals surface area contributed by atoms with Crippen LogP contribution in [0, 0.1) is 0 Å². The van der Waals surface area contributed by atoms with Gasteiger partial charge in [-0.3, -0.25) is 4.79 Å². The summed E-state index contributed by atoms with van der Waals surface area (Å²) in [7, 11) is 4.81. The van der Waals surface area contributed by atoms with E-state index in [-0.39, 0.29) is 5.91 Å². The van der Waals surface area contributed by atoms with Crippen LogP contribution in [0.1, 0.15) is 41.3 Å². The van der Waals surface area contributed by atoms with Gasteiger partial charge in [0, 0.05) is 37.9 Å². The molecule has 0 radical (unpaired) electrons. The average Bonchev–Trinajstić information content (AvgIpc) is 3.37. The number of carbonyl (C=O) groups is 1. The van der Waals surface area contributed by atoms with Crippen molar-refractivity contribution < 1.29 is 19.0 Å². The molecule has 2 aromatic carbocycles. The second kappa shape index (κ2) is 12.7. The fraction of sp³-hybridized carbons (Fsp3) is 0.393. The SMILES string of the molecule is COc1ccc(CCNC(=O)c2cnc(N3CCC[C@H]3C)nc2NCc2ccc(OC)c(Cl)c2)c(OC)c1. The zero-order valence-electron chi connectivity index (χ0n) is 22.2. The Morgan fingerprint density at radius 1 is 1.11 bits per heavy atom. The highest BCUT2D eigenvalue weighted by molar-refractivity contribution is 6.32. The summed E-state index contributed by atoms with van der Waals surface area (Å²) in [6.07, 6.45) is 4.37. The number of amides is 1. The van der Waals surface area contributed by atoms with Gasteiger partial charge in [-0.25, -0.2) is 4.98 Å². The molecule has 38 heavy (non-hydrogen) atoms. The Labute approximate surface area is 228 Å². The molecule has 1 aliphatic heterocycles. The molecule has 1 fully saturated rings. The minimum Gasteiger partial charge on any atom is -0.497 e. The molecule has 202 valence electrons. The molecule has 1 amide bonds. The van der Waals surface area contributed by atoms with Crippen molar-refractivity contribution in [3.8, 4) is 17.2 Å². The summed E-state index contributed by atoms with van der Waals surface area (Å²) in [5.41, 5.74) is 2.28. The number of anilines is 2. The summed E-state index contributed by atoms with van der Waals surface area (Å²) in [4.78, 5) is 24.7. The molecule has 1 atom stereocenters. The van der Waals surface area contributed by atoms with Gasteiger partial charge in [0.25, 0.3) is 5.91 Å². The molecule has 0 aliphatic carbocycles. The average molecular weight is 540 g/mol. The fourth-order valence-corrected chi connectivity index (χ4v) is 4.79. The predicted molar refractivity (Wildman–Crippen MR) is 149 cm³/mol. The van der Waals surface area contributed by atoms with E-state index in [4.69, 9.17) is 30.8 Å². The van der Waals surface area contributed by atoms with Crippen LogP contribution in [0.3, 0.4) is 0 Å². The highest BCUT2D eigenvalue weighted by Gasteiger charge is 2.24. The van der Waals surface area contributed by atoms with E-state index < -0.39 is 0 Å². The molecule has 2 heterocycles. The molecular weight excluding hydrogens is 506 g/mol. The summed E-state index contributed by atoms with van der Waals surface area (Å²) >= 11 is 6.30. The molecule has 0 unspecified atom stereocenters. The molecule has 9 nitrogen and oxygen atoms in total. The number of nitrogens with zero attached hydrogens (tertiary/aromatic N) is 3. The molecule has 0 saturated carbocycles. The van der Waals surface area contributed by atoms with Crippen LogP contribution in [-0.2, 0) is 13.0 Å². The van der Waals surface area contributed by atoms with Gasteiger partial charge in [-0.2, -0.15) is 4.98 Å². The molecule has 2 N–H and O–H groups in total. The lowest BCUT2D eigenvalue weighted by Crippen LogP contribution is -2.30. The Hall–Kier alpha value is -3.72. The van der Waals surface area contributed by atoms with Gasteiger partial charge >= 0.3 is 0 Å². The van der Waals surface area contributed by atoms with Gasteiger partial charge in [0.05, 0.1) is 26.4 Å². The van der Waals surface area contributed by atoms with E-state index in [1.807, 2.05) is 36.4 Å². The number of rotatable bonds is 11. The number of hydrogen-bond donors (Lipinski definition) is 2. The van der Waals surface area contributed by atoms with Gasteiger partial charge in [0.15, 0.2) is 0 Å². The third-order valence-electron chi connectivity index (χ3n) is 6.68. The highest BCUT2D eigenvalue weighted by atomic mass is 35.5. The van der Waals surface area contributed by atoms with Crippen LogP contribution in [0.25, 0.3) is 0 Å². The van der Waals surface area contributed by atoms with Gasteiger partial charge < -0.3 is 29.7 Å². The maximum absolute atomic E-state index is 13.2. The number of ether oxygens (including phenoxy) is 3. The van der Waals surface area contributed by atoms with E-state index in [2.05, 4.69) is 27.4 Å². The monoisotopic (exact) mass is 539 g/mol. The summed E-state index contributed by atoms with van der Waals surface area (Å²) in [5.74, 6) is 2.87. The molecule has 1 aromatic heterocycles. The van der Waals surface area contributed by atoms with E-state index in [9.17, 15) is 4.79 Å². The van der Waals surface area contributed by atoms with E-state index in [0.717, 1.165) is 30.5 Å². The Morgan fingerprint density at radius 2 is 1.92 bits per heavy atom. The smallest absolute Gasteiger partial charge is 0.256 e. The first kappa shape index (κ1) is 27.3. The van der Waals surface area contributed by atoms with Gasteiger partial charge in [-0.05, 0) is 55.5 Å². The van der Waals surface area contributed by atoms with Crippen molar-refractivity contribution in [2.24, 2.45) is 0 Å². The van der Waals surface area contributed by atoms with Crippen LogP contribution >= 0.6 is 11.6 Å². The molecule has 10 heteroatoms. The van der Waals surface area contributed by atoms with Gasteiger partial charge in [0.1, 0.15) is 28.6 Å². The lowest BCUT2D eigenvalue weighted by Gasteiger charge is -2.22. The second-order valence-corrected chi connectivity index (χ2v) is 9.53. The first-order valence-corrected chi connectivity index (χ1v) is 13.0. The van der Waals surface area contributed by atoms with Crippen LogP contribution in [0.5, 0.6) is 17.2 Å². The number of nitrogens with one attached hydrogen (secondary N) is 2. The highest BCUT2D eigenvalue weighted by Crippen LogP contribution is 2.28. The van der Waals surface area contributed by atoms with Crippen molar-refractivity contribution in [2.45, 2.75) is 38.8 Å². The molecule has 0 spiro atoms. The van der Waals surface area contributed by atoms with Crippen LogP contribution < -0.4 is 29.7 Å². The summed E-state index contributed by atoms with van der Waals surface area (Å²) in [6.45, 7) is 3.90. The topological polar surface area (TPSA) is 97.8 Å². The van der Waals surface area contributed by atoms with E-state index >= 15 is 0 Å². The summed E-state index contributed by atoms with van der Waals surface area (Å²) in [6, 6.07) is 11.6. The fourth-order valence-electron chi connectivity index (χ4n) is 4.51. The number of aromatic nitrogens is 2. The lowest BCUT2D eigenvalue weighted by atomic mass is 10.1. The van der Waals surface area contributed by atoms with E-state index in [1.54, 1.807) is 27.5 Å². The maximum atomic E-state index is 13.2. The number of benzene rings is 2. The van der Waals surface area contributed by atoms with Crippen LogP contribution in [0.4, 0.5) is 11.8 Å². The van der Waals surface area contributed by atoms with E-state index in [0.29, 0.717) is 65.2 Å². The van der Waals surface area contributed by atoms with Crippen LogP contribution in [-0.4, -0.2) is 56.3 Å². The molecule has 1 saturated heterocycles. The molecule has 1 aliphatic rings. The Kier molecular flexibility index (Phi) is 9.12. The normalized spacial score (nSPS) is 14.8. The molecule has 3 aromatic rings. The minimum absolute atomic E-state index is 0.256. The number of hydrogen-bond acceptors (Lipinski definition) is 8. The van der Waals surface area contributed by atoms with Crippen molar-refractivity contribution in [3.63, 3.8) is 0 Å². The second-order valence-electron chi connectivity index (χ2n) is 9.12. The van der Waals surface area contributed by atoms with E-state index in [1.165, 1.54) is 0 Å². The molecule has 4 rings (SSSR count). The van der Waals surface area contributed by atoms with Gasteiger partial charge in [-0.15, -0.1) is 0 Å². The van der Waals surface area contributed by atoms with Crippen molar-refractivity contribution in [2.75, 3.05) is 44.6 Å². The van der Waals surface area contributed by atoms with Crippen molar-refractivity contribution in [1.82, 2.24) is 15.3 Å². The summed E-state index contributed by atoms with van der Waals surface area (Å²) < 4.78 is 16.0. The molecule has 0 bridgehead atoms. The third-order valence-corrected chi connectivity index (χ3v) is 6.98. The summed E-state index contributed by atoms with van der Waals surface area (Å²) in [5, 5.41) is 6.83. The Bertz CT molecular complexity index is 1270. The van der Waals surface area contributed by atoms with Crippen LogP contribution in [0.15, 0.2) is 42.6 Å². The van der Waals surface area contributed by atoms with Crippen molar-refractivity contribution in [3.05, 3.63) is 64.3 Å². The quantitative estimate of drug-likeness (QED) is 0.361. The number of methoxy groups -OCH3 is 3. The van der Waals surface area contributed by atoms with Crippen molar-refractivity contribution in [1.29, 1.82) is 0 Å². The maximum Gasteiger partial charge on any atom is 0.256 e. The Balaban J connectivity index is 1.50. The Morgan fingerprint density at radius 3 is 2.61 bits per heavy atom. The zero-order chi connectivity index (χ0) is 27.1. The van der Waals surface area contributed by atoms with Gasteiger partial charge in [-0.1, -0.05) is 23.7 Å². The predicted octanol–water partition coefficient (Wildman–Crippen LogP) is 4.73. The lowest BCUT2D eigenvalue weighted by molar-refractivity contribution is 0.0954. The standard InChI is InChI=1S/C28H34ClN5O4/c1-18-6-5-13-34(18)28-32-17-22(26(33-28)31-16-19-7-10-24(37-3)23(29)14-19)27(35)30-12-11-20-8-9-21(36-2)15-25(20)38-4/h7-10,14-15,17-18H,5-6,11-13,16H2,1-4H3,(H,30,35)(H,31,32,33)/t18-/m1/s1. The number of carbonyl (C=O) groups excluding carboxylic acids is 1. The van der Waals surface area contributed by atoms with Gasteiger partial charge in [0.2, 0.25) is 5.95 Å². The largest absolute Gasteiger partial charge is 0.497 e. The molecular formula is C28H34ClN5O4. The number of halogens is 1. The first-order valence-electron chi connectivity index (χ1n) is 12.6. The van der Waals surface area contributed by atoms with Crippen molar-refractivity contribution >= 4 is 29.3 Å². The minimum atomic E-state index is -0.256. The van der Waals surface area contributed by atoms with Crippen LogP contribution in [0.2, 0.25) is 5.02 Å². The zero-order valence-corrected chi connectivity index (χ0v) is 23.0. The first-order chi connectivity index (χ1) is 18.4. The third kappa shape index (κ3) is 6.39.